The molecule has 0 fully saturated rings. The summed E-state index contributed by atoms with van der Waals surface area (Å²) in [5, 5.41) is 0. The molecule has 4 heteroatoms. The second-order valence-electron chi connectivity index (χ2n) is 4.57. The molecule has 94 valence electrons. The van der Waals surface area contributed by atoms with E-state index in [0.29, 0.717) is 0 Å². The Kier molecular flexibility index (Phi) is 5.68. The second-order valence-corrected chi connectivity index (χ2v) is 4.57. The lowest BCUT2D eigenvalue weighted by Crippen LogP contribution is -2.24. The molecule has 0 aliphatic carbocycles. The van der Waals surface area contributed by atoms with Crippen LogP contribution in [-0.4, -0.2) is 46.7 Å². The molecular weight excluding hydrogens is 213 g/mol. The molecule has 1 unspecified atom stereocenters. The highest BCUT2D eigenvalue weighted by atomic mass is 16.5. The van der Waals surface area contributed by atoms with Crippen LogP contribution in [0.15, 0.2) is 24.3 Å². The molecule has 1 heterocycles. The van der Waals surface area contributed by atoms with Gasteiger partial charge in [0.05, 0.1) is 6.10 Å². The van der Waals surface area contributed by atoms with Crippen LogP contribution in [-0.2, 0) is 9.39 Å². The summed E-state index contributed by atoms with van der Waals surface area (Å²) < 4.78 is 10.2. The minimum atomic E-state index is 0.246. The van der Waals surface area contributed by atoms with Crippen molar-refractivity contribution in [1.29, 1.82) is 0 Å². The molecule has 1 aliphatic heterocycles. The molecule has 1 atom stereocenters. The lowest BCUT2D eigenvalue weighted by Gasteiger charge is -2.17. The zero-order valence-electron chi connectivity index (χ0n) is 11.4. The molecule has 0 N–H and O–H groups in total. The molecule has 17 heavy (non-hydrogen) atoms. The van der Waals surface area contributed by atoms with E-state index < -0.39 is 0 Å². The Bertz CT molecular complexity index is 342. The fraction of sp³-hybridized carbons (Fsp3) is 0.538. The van der Waals surface area contributed by atoms with Crippen molar-refractivity contribution in [3.8, 4) is 0 Å². The zero-order chi connectivity index (χ0) is 12.8. The Morgan fingerprint density at radius 1 is 1.29 bits per heavy atom. The molecule has 0 saturated heterocycles. The van der Waals surface area contributed by atoms with Gasteiger partial charge in [0.25, 0.3) is 0 Å². The predicted molar refractivity (Wildman–Crippen MR) is 73.0 cm³/mol. The summed E-state index contributed by atoms with van der Waals surface area (Å²) in [5.74, 6) is 0. The van der Waals surface area contributed by atoms with E-state index in [9.17, 15) is 0 Å². The first-order valence-electron chi connectivity index (χ1n) is 5.89. The number of hydrogen-bond donors (Lipinski definition) is 0. The summed E-state index contributed by atoms with van der Waals surface area (Å²) >= 11 is 0. The van der Waals surface area contributed by atoms with Crippen molar-refractivity contribution >= 4 is 12.4 Å². The Morgan fingerprint density at radius 2 is 1.88 bits per heavy atom. The van der Waals surface area contributed by atoms with Crippen molar-refractivity contribution < 1.29 is 9.39 Å². The normalized spacial score (nSPS) is 17.8. The van der Waals surface area contributed by atoms with Crippen molar-refractivity contribution in [2.24, 2.45) is 0 Å². The van der Waals surface area contributed by atoms with Gasteiger partial charge in [0.15, 0.2) is 0 Å². The van der Waals surface area contributed by atoms with E-state index in [1.54, 1.807) is 14.2 Å². The number of ether oxygens (including phenoxy) is 1. The van der Waals surface area contributed by atoms with E-state index in [1.807, 2.05) is 0 Å². The molecule has 0 radical (unpaired) electrons. The van der Waals surface area contributed by atoms with Crippen molar-refractivity contribution in [3.63, 3.8) is 0 Å². The number of rotatable bonds is 2. The molecule has 1 aliphatic rings. The summed E-state index contributed by atoms with van der Waals surface area (Å²) in [6, 6.07) is 8.50. The van der Waals surface area contributed by atoms with Crippen LogP contribution in [0.25, 0.3) is 0 Å². The highest BCUT2D eigenvalue weighted by Crippen LogP contribution is 2.24. The van der Waals surface area contributed by atoms with Gasteiger partial charge in [0.2, 0.25) is 0 Å². The third-order valence-corrected chi connectivity index (χ3v) is 2.68. The maximum Gasteiger partial charge on any atom is 0.324 e. The second kappa shape index (κ2) is 6.79. The minimum absolute atomic E-state index is 0.246. The smallest absolute Gasteiger partial charge is 0.324 e. The molecule has 0 aromatic heterocycles. The summed E-state index contributed by atoms with van der Waals surface area (Å²) in [5.41, 5.74) is 2.70. The van der Waals surface area contributed by atoms with Gasteiger partial charge in [-0.25, -0.2) is 0 Å². The predicted octanol–water partition coefficient (Wildman–Crippen LogP) is 1.41. The summed E-state index contributed by atoms with van der Waals surface area (Å²) in [6.07, 6.45) is 0.246. The quantitative estimate of drug-likeness (QED) is 0.723. The third kappa shape index (κ3) is 3.84. The summed E-state index contributed by atoms with van der Waals surface area (Å²) in [6.45, 7) is 3.33. The largest absolute Gasteiger partial charge is 0.423 e. The Labute approximate surface area is 105 Å². The molecule has 2 rings (SSSR count). The average Bonchev–Trinajstić information content (AvgIpc) is 2.57. The highest BCUT2D eigenvalue weighted by Gasteiger charge is 2.31. The van der Waals surface area contributed by atoms with Gasteiger partial charge in [-0.3, -0.25) is 0 Å². The Balaban J connectivity index is 0.000000437. The van der Waals surface area contributed by atoms with Crippen molar-refractivity contribution in [3.05, 3.63) is 29.8 Å². The Hall–Kier alpha value is -0.835. The van der Waals surface area contributed by atoms with Crippen LogP contribution >= 0.6 is 0 Å². The van der Waals surface area contributed by atoms with E-state index in [0.717, 1.165) is 6.54 Å². The van der Waals surface area contributed by atoms with Gasteiger partial charge in [-0.15, -0.1) is 0 Å². The van der Waals surface area contributed by atoms with Crippen molar-refractivity contribution in [1.82, 2.24) is 4.90 Å². The summed E-state index contributed by atoms with van der Waals surface area (Å²) in [4.78, 5) is 2.17. The van der Waals surface area contributed by atoms with Crippen LogP contribution in [0.2, 0.25) is 6.82 Å². The SMILES string of the molecule is CB1OC(CN(C)C)c2ccccc21.COC. The monoisotopic (exact) mass is 235 g/mol. The standard InChI is InChI=1S/C11H16BNO.C2H6O/c1-12-10-7-5-4-6-9(10)11(14-12)8-13(2)3;1-3-2/h4-7,11H,8H2,1-3H3;1-2H3. The van der Waals surface area contributed by atoms with E-state index in [2.05, 4.69) is 54.8 Å². The number of fused-ring (bicyclic) bond motifs is 1. The number of hydrogen-bond acceptors (Lipinski definition) is 3. The average molecular weight is 235 g/mol. The first kappa shape index (κ1) is 14.2. The molecule has 0 saturated carbocycles. The molecule has 1 aromatic carbocycles. The number of nitrogens with zero attached hydrogens (tertiary/aromatic N) is 1. The van der Waals surface area contributed by atoms with Crippen LogP contribution < -0.4 is 5.46 Å². The van der Waals surface area contributed by atoms with Crippen LogP contribution in [0, 0.1) is 0 Å². The molecule has 0 spiro atoms. The van der Waals surface area contributed by atoms with Gasteiger partial charge < -0.3 is 14.3 Å². The van der Waals surface area contributed by atoms with E-state index in [1.165, 1.54) is 11.0 Å². The lowest BCUT2D eigenvalue weighted by atomic mass is 9.64. The van der Waals surface area contributed by atoms with Crippen LogP contribution in [0.3, 0.4) is 0 Å². The van der Waals surface area contributed by atoms with E-state index in [4.69, 9.17) is 4.65 Å². The maximum atomic E-state index is 5.90. The van der Waals surface area contributed by atoms with Crippen LogP contribution in [0.1, 0.15) is 11.7 Å². The minimum Gasteiger partial charge on any atom is -0.423 e. The fourth-order valence-electron chi connectivity index (χ4n) is 2.04. The molecule has 0 amide bonds. The molecule has 1 aromatic rings. The van der Waals surface area contributed by atoms with Crippen molar-refractivity contribution in [2.45, 2.75) is 12.9 Å². The fourth-order valence-corrected chi connectivity index (χ4v) is 2.04. The molecule has 3 nitrogen and oxygen atoms in total. The summed E-state index contributed by atoms with van der Waals surface area (Å²) in [7, 11) is 7.41. The van der Waals surface area contributed by atoms with Crippen molar-refractivity contribution in [2.75, 3.05) is 34.9 Å². The van der Waals surface area contributed by atoms with Gasteiger partial charge in [-0.1, -0.05) is 31.1 Å². The van der Waals surface area contributed by atoms with Gasteiger partial charge in [-0.2, -0.15) is 0 Å². The molecular formula is C13H22BNO2. The topological polar surface area (TPSA) is 21.7 Å². The van der Waals surface area contributed by atoms with Gasteiger partial charge in [0, 0.05) is 20.8 Å². The maximum absolute atomic E-state index is 5.90. The molecule has 0 bridgehead atoms. The number of benzene rings is 1. The van der Waals surface area contributed by atoms with E-state index in [-0.39, 0.29) is 13.0 Å². The Morgan fingerprint density at radius 3 is 2.47 bits per heavy atom. The van der Waals surface area contributed by atoms with Gasteiger partial charge in [0.1, 0.15) is 0 Å². The highest BCUT2D eigenvalue weighted by molar-refractivity contribution is 6.67. The van der Waals surface area contributed by atoms with Gasteiger partial charge in [-0.05, 0) is 25.1 Å². The van der Waals surface area contributed by atoms with Crippen LogP contribution in [0.5, 0.6) is 0 Å². The van der Waals surface area contributed by atoms with E-state index >= 15 is 0 Å². The number of methoxy groups -OCH3 is 1. The first-order chi connectivity index (χ1) is 8.10. The third-order valence-electron chi connectivity index (χ3n) is 2.68. The van der Waals surface area contributed by atoms with Crippen LogP contribution in [0.4, 0.5) is 0 Å². The zero-order valence-corrected chi connectivity index (χ0v) is 11.4. The number of likely N-dealkylation sites (N-methyl/N-ethyl adjacent to an activating group) is 1. The van der Waals surface area contributed by atoms with Gasteiger partial charge >= 0.3 is 6.92 Å². The lowest BCUT2D eigenvalue weighted by molar-refractivity contribution is 0.176. The first-order valence-corrected chi connectivity index (χ1v) is 5.89.